The van der Waals surface area contributed by atoms with Crippen molar-refractivity contribution >= 4 is 6.29 Å². The van der Waals surface area contributed by atoms with Gasteiger partial charge in [-0.3, -0.25) is 4.79 Å². The molecule has 0 saturated carbocycles. The normalized spacial score (nSPS) is 20.5. The number of aldehydes is 1. The maximum Gasteiger partial charge on any atom is 0.149 e. The molecular formula is C13H11FO. The van der Waals surface area contributed by atoms with Gasteiger partial charge in [0.05, 0.1) is 0 Å². The lowest BCUT2D eigenvalue weighted by Crippen LogP contribution is -2.03. The summed E-state index contributed by atoms with van der Waals surface area (Å²) in [4.78, 5) is 10.5. The molecular weight excluding hydrogens is 191 g/mol. The van der Waals surface area contributed by atoms with Gasteiger partial charge in [-0.25, -0.2) is 4.39 Å². The maximum absolute atomic E-state index is 13.6. The van der Waals surface area contributed by atoms with Crippen molar-refractivity contribution in [3.05, 3.63) is 59.4 Å². The average Bonchev–Trinajstić information content (AvgIpc) is 2.30. The van der Waals surface area contributed by atoms with Crippen LogP contribution in [0.5, 0.6) is 0 Å². The van der Waals surface area contributed by atoms with Crippen molar-refractivity contribution in [2.24, 2.45) is 0 Å². The van der Waals surface area contributed by atoms with Crippen molar-refractivity contribution < 1.29 is 9.18 Å². The molecule has 1 aromatic carbocycles. The molecule has 0 saturated heterocycles. The molecule has 2 heteroatoms. The third-order valence-corrected chi connectivity index (χ3v) is 2.56. The standard InChI is InChI=1S/C13H11FO/c14-13-8-10(9-15)6-7-12(13)11-4-2-1-3-5-11/h1-6,8-9,12H,7H2. The monoisotopic (exact) mass is 202 g/mol. The molecule has 0 aromatic heterocycles. The molecule has 0 heterocycles. The first-order chi connectivity index (χ1) is 7.31. The van der Waals surface area contributed by atoms with Gasteiger partial charge in [-0.2, -0.15) is 0 Å². The summed E-state index contributed by atoms with van der Waals surface area (Å²) in [5.74, 6) is -0.458. The first-order valence-corrected chi connectivity index (χ1v) is 4.88. The number of hydrogen-bond donors (Lipinski definition) is 0. The van der Waals surface area contributed by atoms with E-state index >= 15 is 0 Å². The average molecular weight is 202 g/mol. The van der Waals surface area contributed by atoms with Gasteiger partial charge in [0.2, 0.25) is 0 Å². The Hall–Kier alpha value is -1.70. The summed E-state index contributed by atoms with van der Waals surface area (Å²) in [7, 11) is 0. The molecule has 0 N–H and O–H groups in total. The lowest BCUT2D eigenvalue weighted by Gasteiger charge is -2.17. The third-order valence-electron chi connectivity index (χ3n) is 2.56. The summed E-state index contributed by atoms with van der Waals surface area (Å²) in [6, 6.07) is 9.49. The number of hydrogen-bond acceptors (Lipinski definition) is 1. The highest BCUT2D eigenvalue weighted by molar-refractivity contribution is 5.78. The van der Waals surface area contributed by atoms with Crippen LogP contribution in [0.4, 0.5) is 4.39 Å². The lowest BCUT2D eigenvalue weighted by molar-refractivity contribution is -0.104. The Labute approximate surface area is 87.9 Å². The molecule has 0 aliphatic heterocycles. The molecule has 1 unspecified atom stereocenters. The van der Waals surface area contributed by atoms with Gasteiger partial charge >= 0.3 is 0 Å². The van der Waals surface area contributed by atoms with Gasteiger partial charge in [-0.1, -0.05) is 36.4 Å². The van der Waals surface area contributed by atoms with E-state index in [0.29, 0.717) is 18.3 Å². The largest absolute Gasteiger partial charge is 0.298 e. The molecule has 0 amide bonds. The van der Waals surface area contributed by atoms with Gasteiger partial charge in [0, 0.05) is 11.5 Å². The summed E-state index contributed by atoms with van der Waals surface area (Å²) in [5.41, 5.74) is 1.38. The van der Waals surface area contributed by atoms with Crippen LogP contribution in [0.25, 0.3) is 0 Å². The van der Waals surface area contributed by atoms with Crippen LogP contribution in [-0.2, 0) is 4.79 Å². The fourth-order valence-corrected chi connectivity index (χ4v) is 1.75. The Morgan fingerprint density at radius 3 is 2.60 bits per heavy atom. The van der Waals surface area contributed by atoms with E-state index in [0.717, 1.165) is 5.56 Å². The highest BCUT2D eigenvalue weighted by atomic mass is 19.1. The minimum Gasteiger partial charge on any atom is -0.298 e. The molecule has 0 radical (unpaired) electrons. The van der Waals surface area contributed by atoms with Gasteiger partial charge in [0.1, 0.15) is 12.1 Å². The Kier molecular flexibility index (Phi) is 2.77. The molecule has 15 heavy (non-hydrogen) atoms. The molecule has 0 bridgehead atoms. The molecule has 1 aliphatic carbocycles. The second-order valence-electron chi connectivity index (χ2n) is 3.55. The van der Waals surface area contributed by atoms with E-state index in [9.17, 15) is 9.18 Å². The van der Waals surface area contributed by atoms with Crippen LogP contribution in [0, 0.1) is 0 Å². The van der Waals surface area contributed by atoms with Crippen molar-refractivity contribution in [3.63, 3.8) is 0 Å². The van der Waals surface area contributed by atoms with E-state index in [1.807, 2.05) is 30.3 Å². The van der Waals surface area contributed by atoms with Gasteiger partial charge in [0.15, 0.2) is 0 Å². The van der Waals surface area contributed by atoms with Crippen LogP contribution in [0.1, 0.15) is 17.9 Å². The number of carbonyl (C=O) groups is 1. The molecule has 1 atom stereocenters. The van der Waals surface area contributed by atoms with Crippen LogP contribution in [0.2, 0.25) is 0 Å². The van der Waals surface area contributed by atoms with E-state index in [-0.39, 0.29) is 11.7 Å². The lowest BCUT2D eigenvalue weighted by atomic mass is 9.89. The predicted molar refractivity (Wildman–Crippen MR) is 57.1 cm³/mol. The zero-order chi connectivity index (χ0) is 10.7. The molecule has 0 spiro atoms. The van der Waals surface area contributed by atoms with Crippen LogP contribution in [0.15, 0.2) is 53.9 Å². The zero-order valence-electron chi connectivity index (χ0n) is 8.19. The van der Waals surface area contributed by atoms with E-state index in [2.05, 4.69) is 0 Å². The van der Waals surface area contributed by atoms with E-state index in [4.69, 9.17) is 0 Å². The third kappa shape index (κ3) is 2.04. The minimum atomic E-state index is -0.231. The van der Waals surface area contributed by atoms with Gasteiger partial charge in [-0.05, 0) is 18.1 Å². The highest BCUT2D eigenvalue weighted by Crippen LogP contribution is 2.33. The maximum atomic E-state index is 13.6. The van der Waals surface area contributed by atoms with Crippen molar-refractivity contribution in [2.45, 2.75) is 12.3 Å². The second-order valence-corrected chi connectivity index (χ2v) is 3.55. The molecule has 1 aliphatic rings. The fraction of sp³-hybridized carbons (Fsp3) is 0.154. The summed E-state index contributed by atoms with van der Waals surface area (Å²) in [5, 5.41) is 0. The SMILES string of the molecule is O=CC1=CCC(c2ccccc2)C(F)=C1. The Morgan fingerprint density at radius 2 is 2.00 bits per heavy atom. The summed E-state index contributed by atoms with van der Waals surface area (Å²) >= 11 is 0. The molecule has 1 nitrogen and oxygen atoms in total. The molecule has 0 fully saturated rings. The summed E-state index contributed by atoms with van der Waals surface area (Å²) < 4.78 is 13.6. The number of allylic oxidation sites excluding steroid dienone is 4. The molecule has 76 valence electrons. The van der Waals surface area contributed by atoms with E-state index in [1.54, 1.807) is 6.08 Å². The topological polar surface area (TPSA) is 17.1 Å². The van der Waals surface area contributed by atoms with Crippen molar-refractivity contribution in [3.8, 4) is 0 Å². The van der Waals surface area contributed by atoms with Crippen molar-refractivity contribution in [1.29, 1.82) is 0 Å². The first kappa shape index (κ1) is 9.84. The van der Waals surface area contributed by atoms with E-state index < -0.39 is 0 Å². The van der Waals surface area contributed by atoms with Crippen molar-refractivity contribution in [2.75, 3.05) is 0 Å². The Bertz CT molecular complexity index is 417. The highest BCUT2D eigenvalue weighted by Gasteiger charge is 2.19. The number of rotatable bonds is 2. The van der Waals surface area contributed by atoms with E-state index in [1.165, 1.54) is 6.08 Å². The van der Waals surface area contributed by atoms with Crippen LogP contribution in [-0.4, -0.2) is 6.29 Å². The Morgan fingerprint density at radius 1 is 1.27 bits per heavy atom. The summed E-state index contributed by atoms with van der Waals surface area (Å²) in [6.07, 6.45) is 4.32. The van der Waals surface area contributed by atoms with Crippen LogP contribution < -0.4 is 0 Å². The molecule has 2 rings (SSSR count). The minimum absolute atomic E-state index is 0.227. The number of halogens is 1. The smallest absolute Gasteiger partial charge is 0.149 e. The van der Waals surface area contributed by atoms with Gasteiger partial charge in [-0.15, -0.1) is 0 Å². The van der Waals surface area contributed by atoms with Crippen LogP contribution >= 0.6 is 0 Å². The number of carbonyl (C=O) groups excluding carboxylic acids is 1. The van der Waals surface area contributed by atoms with Crippen LogP contribution in [0.3, 0.4) is 0 Å². The predicted octanol–water partition coefficient (Wildman–Crippen LogP) is 3.15. The zero-order valence-corrected chi connectivity index (χ0v) is 8.19. The number of benzene rings is 1. The van der Waals surface area contributed by atoms with Crippen molar-refractivity contribution in [1.82, 2.24) is 0 Å². The van der Waals surface area contributed by atoms with Gasteiger partial charge < -0.3 is 0 Å². The fourth-order valence-electron chi connectivity index (χ4n) is 1.75. The first-order valence-electron chi connectivity index (χ1n) is 4.88. The van der Waals surface area contributed by atoms with Gasteiger partial charge in [0.25, 0.3) is 0 Å². The molecule has 1 aromatic rings. The second kappa shape index (κ2) is 4.22. The Balaban J connectivity index is 2.26. The quantitative estimate of drug-likeness (QED) is 0.673. The summed E-state index contributed by atoms with van der Waals surface area (Å²) in [6.45, 7) is 0.